The van der Waals surface area contributed by atoms with Gasteiger partial charge in [0, 0.05) is 20.1 Å². The lowest BCUT2D eigenvalue weighted by atomic mass is 9.92. The smallest absolute Gasteiger partial charge is 0.226 e. The van der Waals surface area contributed by atoms with E-state index in [1.165, 1.54) is 0 Å². The van der Waals surface area contributed by atoms with Gasteiger partial charge in [0.25, 0.3) is 0 Å². The molecule has 1 aliphatic heterocycles. The zero-order valence-corrected chi connectivity index (χ0v) is 10.4. The zero-order valence-electron chi connectivity index (χ0n) is 10.4. The summed E-state index contributed by atoms with van der Waals surface area (Å²) in [5, 5.41) is 5.96. The SMILES string of the molecule is CNC(=O)C(C)(C)CNCC1CCC=CO1. The van der Waals surface area contributed by atoms with Gasteiger partial charge >= 0.3 is 0 Å². The summed E-state index contributed by atoms with van der Waals surface area (Å²) in [6.07, 6.45) is 6.16. The first-order valence-electron chi connectivity index (χ1n) is 5.79. The van der Waals surface area contributed by atoms with Gasteiger partial charge in [0.2, 0.25) is 5.91 Å². The Labute approximate surface area is 97.4 Å². The van der Waals surface area contributed by atoms with Crippen molar-refractivity contribution in [3.63, 3.8) is 0 Å². The molecule has 0 aromatic rings. The van der Waals surface area contributed by atoms with Crippen molar-refractivity contribution < 1.29 is 9.53 Å². The van der Waals surface area contributed by atoms with Crippen molar-refractivity contribution in [2.75, 3.05) is 20.1 Å². The number of rotatable bonds is 5. The predicted octanol–water partition coefficient (Wildman–Crippen LogP) is 1.04. The quantitative estimate of drug-likeness (QED) is 0.736. The van der Waals surface area contributed by atoms with Gasteiger partial charge < -0.3 is 15.4 Å². The van der Waals surface area contributed by atoms with E-state index in [-0.39, 0.29) is 17.4 Å². The van der Waals surface area contributed by atoms with Crippen LogP contribution in [0.3, 0.4) is 0 Å². The third-order valence-corrected chi connectivity index (χ3v) is 2.80. The molecular formula is C12H22N2O2. The zero-order chi connectivity index (χ0) is 12.0. The molecule has 0 spiro atoms. The molecule has 1 rings (SSSR count). The number of carbonyl (C=O) groups excluding carboxylic acids is 1. The molecule has 0 aliphatic carbocycles. The lowest BCUT2D eigenvalue weighted by Crippen LogP contribution is -2.44. The van der Waals surface area contributed by atoms with Crippen molar-refractivity contribution >= 4 is 5.91 Å². The number of carbonyl (C=O) groups is 1. The second-order valence-electron chi connectivity index (χ2n) is 4.80. The van der Waals surface area contributed by atoms with Crippen LogP contribution in [0.15, 0.2) is 12.3 Å². The fourth-order valence-corrected chi connectivity index (χ4v) is 1.70. The highest BCUT2D eigenvalue weighted by Gasteiger charge is 2.26. The first-order valence-corrected chi connectivity index (χ1v) is 5.79. The van der Waals surface area contributed by atoms with Crippen molar-refractivity contribution in [1.82, 2.24) is 10.6 Å². The molecular weight excluding hydrogens is 204 g/mol. The molecule has 16 heavy (non-hydrogen) atoms. The maximum absolute atomic E-state index is 11.5. The molecule has 92 valence electrons. The van der Waals surface area contributed by atoms with Gasteiger partial charge in [-0.1, -0.05) is 0 Å². The fourth-order valence-electron chi connectivity index (χ4n) is 1.70. The lowest BCUT2D eigenvalue weighted by Gasteiger charge is -2.25. The molecule has 0 saturated heterocycles. The van der Waals surface area contributed by atoms with Gasteiger partial charge in [-0.05, 0) is 32.8 Å². The van der Waals surface area contributed by atoms with Crippen LogP contribution in [0.25, 0.3) is 0 Å². The van der Waals surface area contributed by atoms with Crippen LogP contribution in [-0.2, 0) is 9.53 Å². The van der Waals surface area contributed by atoms with Crippen LogP contribution in [0.2, 0.25) is 0 Å². The number of hydrogen-bond acceptors (Lipinski definition) is 3. The fraction of sp³-hybridized carbons (Fsp3) is 0.750. The molecule has 4 heteroatoms. The van der Waals surface area contributed by atoms with Gasteiger partial charge in [0.15, 0.2) is 0 Å². The van der Waals surface area contributed by atoms with Crippen molar-refractivity contribution in [1.29, 1.82) is 0 Å². The minimum Gasteiger partial charge on any atom is -0.497 e. The Morgan fingerprint density at radius 2 is 2.31 bits per heavy atom. The number of amides is 1. The van der Waals surface area contributed by atoms with Gasteiger partial charge in [-0.25, -0.2) is 0 Å². The third-order valence-electron chi connectivity index (χ3n) is 2.80. The Morgan fingerprint density at radius 1 is 1.56 bits per heavy atom. The average molecular weight is 226 g/mol. The summed E-state index contributed by atoms with van der Waals surface area (Å²) in [6.45, 7) is 5.32. The molecule has 0 radical (unpaired) electrons. The maximum Gasteiger partial charge on any atom is 0.226 e. The minimum absolute atomic E-state index is 0.0597. The van der Waals surface area contributed by atoms with Crippen LogP contribution >= 0.6 is 0 Å². The Kier molecular flexibility index (Phi) is 4.80. The van der Waals surface area contributed by atoms with Crippen molar-refractivity contribution in [3.05, 3.63) is 12.3 Å². The molecule has 1 atom stereocenters. The summed E-state index contributed by atoms with van der Waals surface area (Å²) >= 11 is 0. The summed E-state index contributed by atoms with van der Waals surface area (Å²) in [4.78, 5) is 11.5. The van der Waals surface area contributed by atoms with E-state index >= 15 is 0 Å². The standard InChI is InChI=1S/C12H22N2O2/c1-12(2,11(15)13-3)9-14-8-10-6-4-5-7-16-10/h5,7,10,14H,4,6,8-9H2,1-3H3,(H,13,15). The van der Waals surface area contributed by atoms with Gasteiger partial charge in [-0.3, -0.25) is 4.79 Å². The van der Waals surface area contributed by atoms with Crippen molar-refractivity contribution in [2.24, 2.45) is 5.41 Å². The molecule has 1 aliphatic rings. The first-order chi connectivity index (χ1) is 7.56. The first kappa shape index (κ1) is 13.0. The molecule has 0 aromatic heterocycles. The number of nitrogens with one attached hydrogen (secondary N) is 2. The summed E-state index contributed by atoms with van der Waals surface area (Å²) in [6, 6.07) is 0. The highest BCUT2D eigenvalue weighted by molar-refractivity contribution is 5.81. The van der Waals surface area contributed by atoms with Crippen LogP contribution in [0.4, 0.5) is 0 Å². The Hall–Kier alpha value is -1.03. The molecule has 0 aromatic carbocycles. The summed E-state index contributed by atoms with van der Waals surface area (Å²) in [5.74, 6) is 0.0597. The largest absolute Gasteiger partial charge is 0.497 e. The highest BCUT2D eigenvalue weighted by atomic mass is 16.5. The summed E-state index contributed by atoms with van der Waals surface area (Å²) in [5.41, 5.74) is -0.376. The summed E-state index contributed by atoms with van der Waals surface area (Å²) in [7, 11) is 1.67. The molecule has 1 unspecified atom stereocenters. The van der Waals surface area contributed by atoms with Crippen LogP contribution in [0.1, 0.15) is 26.7 Å². The summed E-state index contributed by atoms with van der Waals surface area (Å²) < 4.78 is 5.44. The van der Waals surface area contributed by atoms with E-state index < -0.39 is 0 Å². The molecule has 1 heterocycles. The maximum atomic E-state index is 11.5. The van der Waals surface area contributed by atoms with Crippen LogP contribution in [0, 0.1) is 5.41 Å². The Bertz CT molecular complexity index is 262. The van der Waals surface area contributed by atoms with E-state index in [9.17, 15) is 4.79 Å². The second kappa shape index (κ2) is 5.89. The monoisotopic (exact) mass is 226 g/mol. The molecule has 0 fully saturated rings. The molecule has 4 nitrogen and oxygen atoms in total. The van der Waals surface area contributed by atoms with E-state index in [2.05, 4.69) is 10.6 Å². The lowest BCUT2D eigenvalue weighted by molar-refractivity contribution is -0.128. The van der Waals surface area contributed by atoms with Crippen LogP contribution in [-0.4, -0.2) is 32.1 Å². The van der Waals surface area contributed by atoms with E-state index in [4.69, 9.17) is 4.74 Å². The number of allylic oxidation sites excluding steroid dienone is 1. The van der Waals surface area contributed by atoms with Gasteiger partial charge in [0.1, 0.15) is 6.10 Å². The van der Waals surface area contributed by atoms with E-state index in [0.717, 1.165) is 19.4 Å². The molecule has 1 amide bonds. The van der Waals surface area contributed by atoms with E-state index in [1.54, 1.807) is 13.3 Å². The van der Waals surface area contributed by atoms with Crippen LogP contribution < -0.4 is 10.6 Å². The molecule has 0 bridgehead atoms. The second-order valence-corrected chi connectivity index (χ2v) is 4.80. The van der Waals surface area contributed by atoms with Crippen molar-refractivity contribution in [3.8, 4) is 0 Å². The number of hydrogen-bond donors (Lipinski definition) is 2. The highest BCUT2D eigenvalue weighted by Crippen LogP contribution is 2.14. The van der Waals surface area contributed by atoms with Gasteiger partial charge in [-0.2, -0.15) is 0 Å². The van der Waals surface area contributed by atoms with E-state index in [1.807, 2.05) is 19.9 Å². The van der Waals surface area contributed by atoms with E-state index in [0.29, 0.717) is 6.54 Å². The Balaban J connectivity index is 2.23. The Morgan fingerprint density at radius 3 is 2.88 bits per heavy atom. The average Bonchev–Trinajstić information content (AvgIpc) is 2.29. The van der Waals surface area contributed by atoms with Gasteiger partial charge in [0.05, 0.1) is 11.7 Å². The van der Waals surface area contributed by atoms with Crippen molar-refractivity contribution in [2.45, 2.75) is 32.8 Å². The minimum atomic E-state index is -0.376. The molecule has 2 N–H and O–H groups in total. The molecule has 0 saturated carbocycles. The predicted molar refractivity (Wildman–Crippen MR) is 64.0 cm³/mol. The topological polar surface area (TPSA) is 50.4 Å². The number of ether oxygens (including phenoxy) is 1. The van der Waals surface area contributed by atoms with Crippen LogP contribution in [0.5, 0.6) is 0 Å². The van der Waals surface area contributed by atoms with Gasteiger partial charge in [-0.15, -0.1) is 0 Å². The normalized spacial score (nSPS) is 20.3. The third kappa shape index (κ3) is 3.85.